The zero-order valence-electron chi connectivity index (χ0n) is 11.8. The summed E-state index contributed by atoms with van der Waals surface area (Å²) in [6.07, 6.45) is 2.61. The first kappa shape index (κ1) is 17.1. The number of carboxylic acid groups (broad SMARTS) is 1. The van der Waals surface area contributed by atoms with Crippen LogP contribution in [0.4, 0.5) is 0 Å². The van der Waals surface area contributed by atoms with Gasteiger partial charge in [0.05, 0.1) is 11.4 Å². The normalized spacial score (nSPS) is 12.6. The van der Waals surface area contributed by atoms with Crippen molar-refractivity contribution in [2.75, 3.05) is 0 Å². The number of nitrogens with one attached hydrogen (secondary N) is 1. The highest BCUT2D eigenvalue weighted by Gasteiger charge is 2.27. The van der Waals surface area contributed by atoms with E-state index in [4.69, 9.17) is 16.7 Å². The molecule has 0 fully saturated rings. The molecule has 122 valence electrons. The van der Waals surface area contributed by atoms with Crippen LogP contribution in [0.5, 0.6) is 5.75 Å². The van der Waals surface area contributed by atoms with E-state index in [9.17, 15) is 14.7 Å². The number of rotatable bonds is 2. The van der Waals surface area contributed by atoms with Crippen LogP contribution >= 0.6 is 24.0 Å². The Hall–Kier alpha value is -2.25. The molecule has 2 aromatic heterocycles. The van der Waals surface area contributed by atoms with Crippen molar-refractivity contribution in [1.82, 2.24) is 14.5 Å². The van der Waals surface area contributed by atoms with Gasteiger partial charge in [-0.05, 0) is 18.9 Å². The Morgan fingerprint density at radius 2 is 2.17 bits per heavy atom. The molecule has 1 aliphatic rings. The van der Waals surface area contributed by atoms with Crippen molar-refractivity contribution in [3.63, 3.8) is 0 Å². The summed E-state index contributed by atoms with van der Waals surface area (Å²) in [7, 11) is 0. The minimum Gasteiger partial charge on any atom is -0.506 e. The summed E-state index contributed by atoms with van der Waals surface area (Å²) >= 11 is 6.06. The number of aromatic carboxylic acids is 1. The van der Waals surface area contributed by atoms with E-state index in [2.05, 4.69) is 16.5 Å². The molecule has 2 aromatic rings. The summed E-state index contributed by atoms with van der Waals surface area (Å²) in [5, 5.41) is 19.5. The summed E-state index contributed by atoms with van der Waals surface area (Å²) in [6.45, 7) is 4.25. The van der Waals surface area contributed by atoms with Gasteiger partial charge in [0.2, 0.25) is 0 Å². The number of imidazole rings is 1. The first-order valence-corrected chi connectivity index (χ1v) is 6.93. The second-order valence-corrected chi connectivity index (χ2v) is 5.27. The van der Waals surface area contributed by atoms with E-state index in [1.165, 1.54) is 0 Å². The molecule has 3 heterocycles. The molecule has 0 spiro atoms. The summed E-state index contributed by atoms with van der Waals surface area (Å²) < 4.78 is 1.79. The monoisotopic (exact) mass is 357 g/mol. The maximum atomic E-state index is 12.0. The van der Waals surface area contributed by atoms with Crippen molar-refractivity contribution in [2.45, 2.75) is 19.4 Å². The Morgan fingerprint density at radius 3 is 2.78 bits per heavy atom. The number of aromatic nitrogens is 3. The van der Waals surface area contributed by atoms with Crippen molar-refractivity contribution in [1.29, 1.82) is 0 Å². The molecular weight excluding hydrogens is 345 g/mol. The minimum atomic E-state index is -1.47. The second kappa shape index (κ2) is 6.10. The fourth-order valence-corrected chi connectivity index (χ4v) is 2.98. The van der Waals surface area contributed by atoms with Crippen LogP contribution in [-0.4, -0.2) is 30.7 Å². The van der Waals surface area contributed by atoms with Crippen molar-refractivity contribution in [3.05, 3.63) is 38.9 Å². The van der Waals surface area contributed by atoms with E-state index in [-0.39, 0.29) is 17.6 Å². The molecule has 7 nitrogen and oxygen atoms in total. The number of nitrogens with zero attached hydrogens (tertiary/aromatic N) is 2. The van der Waals surface area contributed by atoms with E-state index in [0.29, 0.717) is 42.2 Å². The molecule has 0 unspecified atom stereocenters. The van der Waals surface area contributed by atoms with Crippen LogP contribution in [0.1, 0.15) is 28.0 Å². The van der Waals surface area contributed by atoms with Crippen LogP contribution < -0.4 is 5.56 Å². The minimum absolute atomic E-state index is 0. The summed E-state index contributed by atoms with van der Waals surface area (Å²) in [5.41, 5.74) is -0.273. The molecule has 0 amide bonds. The summed E-state index contributed by atoms with van der Waals surface area (Å²) in [5.74, 6) is -1.60. The molecular formula is C14H13Cl2N3O4. The Bertz CT molecular complexity index is 870. The fourth-order valence-electron chi connectivity index (χ4n) is 2.72. The van der Waals surface area contributed by atoms with Gasteiger partial charge in [-0.3, -0.25) is 4.79 Å². The Morgan fingerprint density at radius 1 is 1.48 bits per heavy atom. The van der Waals surface area contributed by atoms with Gasteiger partial charge in [0.1, 0.15) is 5.75 Å². The van der Waals surface area contributed by atoms with Gasteiger partial charge < -0.3 is 19.8 Å². The number of halogens is 2. The lowest BCUT2D eigenvalue weighted by atomic mass is 10.0. The van der Waals surface area contributed by atoms with Crippen LogP contribution in [0, 0.1) is 0 Å². The highest BCUT2D eigenvalue weighted by atomic mass is 35.5. The van der Waals surface area contributed by atoms with Crippen LogP contribution in [0.3, 0.4) is 0 Å². The number of hydrogen-bond donors (Lipinski definition) is 3. The molecule has 3 N–H and O–H groups in total. The number of carboxylic acids is 1. The van der Waals surface area contributed by atoms with Gasteiger partial charge in [0, 0.05) is 12.1 Å². The molecule has 3 rings (SSSR count). The molecule has 1 aliphatic heterocycles. The van der Waals surface area contributed by atoms with E-state index in [0.717, 1.165) is 0 Å². The molecule has 0 saturated carbocycles. The molecule has 9 heteroatoms. The van der Waals surface area contributed by atoms with Crippen LogP contribution in [0.15, 0.2) is 11.4 Å². The highest BCUT2D eigenvalue weighted by Crippen LogP contribution is 2.35. The standard InChI is InChI=1S/C14H12ClN3O4.ClH/c1-2-7-11(15)17-12-9-6(4-3-5-18(7)12)10(19)8(14(21)22)13(20)16-9;/h2H,1,3-5H2,(H,21,22)(H2,16,19,20);1H. The van der Waals surface area contributed by atoms with Crippen molar-refractivity contribution in [2.24, 2.45) is 0 Å². The smallest absolute Gasteiger partial charge is 0.345 e. The average Bonchev–Trinajstić information content (AvgIpc) is 2.65. The Kier molecular flexibility index (Phi) is 4.53. The number of aromatic amines is 1. The molecule has 0 atom stereocenters. The van der Waals surface area contributed by atoms with Gasteiger partial charge >= 0.3 is 5.97 Å². The number of H-pyrrole nitrogens is 1. The first-order valence-electron chi connectivity index (χ1n) is 6.56. The van der Waals surface area contributed by atoms with Gasteiger partial charge in [0.15, 0.2) is 16.5 Å². The lowest BCUT2D eigenvalue weighted by molar-refractivity contribution is 0.0691. The third-order valence-electron chi connectivity index (χ3n) is 3.69. The van der Waals surface area contributed by atoms with Gasteiger partial charge in [-0.2, -0.15) is 0 Å². The van der Waals surface area contributed by atoms with Crippen LogP contribution in [0.2, 0.25) is 5.15 Å². The van der Waals surface area contributed by atoms with Gasteiger partial charge in [0.25, 0.3) is 5.56 Å². The topological polar surface area (TPSA) is 108 Å². The highest BCUT2D eigenvalue weighted by molar-refractivity contribution is 6.31. The van der Waals surface area contributed by atoms with Gasteiger partial charge in [-0.25, -0.2) is 9.78 Å². The Labute approximate surface area is 141 Å². The summed E-state index contributed by atoms with van der Waals surface area (Å²) in [6, 6.07) is 0. The van der Waals surface area contributed by atoms with Crippen LogP contribution in [0.25, 0.3) is 17.6 Å². The lowest BCUT2D eigenvalue weighted by Gasteiger charge is -2.09. The molecule has 0 saturated heterocycles. The molecule has 0 aromatic carbocycles. The predicted octanol–water partition coefficient (Wildman–Crippen LogP) is 2.31. The number of fused-ring (bicyclic) bond motifs is 3. The maximum Gasteiger partial charge on any atom is 0.345 e. The predicted molar refractivity (Wildman–Crippen MR) is 87.6 cm³/mol. The fraction of sp³-hybridized carbons (Fsp3) is 0.214. The van der Waals surface area contributed by atoms with Gasteiger partial charge in [-0.1, -0.05) is 18.2 Å². The van der Waals surface area contributed by atoms with E-state index >= 15 is 0 Å². The second-order valence-electron chi connectivity index (χ2n) is 4.91. The number of carbonyl (C=O) groups is 1. The quantitative estimate of drug-likeness (QED) is 0.764. The first-order chi connectivity index (χ1) is 10.5. The Balaban J connectivity index is 0.00000192. The SMILES string of the molecule is C=Cc1c(Cl)nc2n1CCCc1c-2[nH]c(=O)c(C(=O)O)c1O.Cl. The number of pyridine rings is 1. The summed E-state index contributed by atoms with van der Waals surface area (Å²) in [4.78, 5) is 29.8. The molecule has 0 bridgehead atoms. The van der Waals surface area contributed by atoms with E-state index in [1.54, 1.807) is 10.6 Å². The average molecular weight is 358 g/mol. The third-order valence-corrected chi connectivity index (χ3v) is 3.97. The lowest BCUT2D eigenvalue weighted by Crippen LogP contribution is -2.20. The van der Waals surface area contributed by atoms with Crippen molar-refractivity contribution < 1.29 is 15.0 Å². The number of aromatic hydroxyl groups is 1. The van der Waals surface area contributed by atoms with Crippen molar-refractivity contribution in [3.8, 4) is 17.3 Å². The maximum absolute atomic E-state index is 12.0. The third kappa shape index (κ3) is 2.51. The zero-order valence-corrected chi connectivity index (χ0v) is 13.4. The largest absolute Gasteiger partial charge is 0.506 e. The van der Waals surface area contributed by atoms with Crippen LogP contribution in [-0.2, 0) is 13.0 Å². The number of hydrogen-bond acceptors (Lipinski definition) is 4. The molecule has 0 aliphatic carbocycles. The van der Waals surface area contributed by atoms with E-state index < -0.39 is 22.8 Å². The van der Waals surface area contributed by atoms with Crippen molar-refractivity contribution >= 4 is 36.1 Å². The van der Waals surface area contributed by atoms with E-state index in [1.807, 2.05) is 0 Å². The molecule has 0 radical (unpaired) electrons. The zero-order chi connectivity index (χ0) is 16.0. The van der Waals surface area contributed by atoms with Gasteiger partial charge in [-0.15, -0.1) is 12.4 Å². The molecule has 23 heavy (non-hydrogen) atoms.